The van der Waals surface area contributed by atoms with Gasteiger partial charge in [0.2, 0.25) is 0 Å². The maximum absolute atomic E-state index is 12.3. The molecule has 1 N–H and O–H groups in total. The van der Waals surface area contributed by atoms with Crippen LogP contribution in [0.3, 0.4) is 0 Å². The molecule has 3 rings (SSSR count). The Kier molecular flexibility index (Phi) is 4.81. The van der Waals surface area contributed by atoms with Crippen LogP contribution < -0.4 is 5.32 Å². The highest BCUT2D eigenvalue weighted by atomic mass is 35.5. The predicted octanol–water partition coefficient (Wildman–Crippen LogP) is 3.39. The Bertz CT molecular complexity index is 668. The third kappa shape index (κ3) is 3.19. The number of carbonyl (C=O) groups is 1. The van der Waals surface area contributed by atoms with Gasteiger partial charge in [-0.25, -0.2) is 0 Å². The number of fused-ring (bicyclic) bond motifs is 1. The number of carbonyl (C=O) groups excluding carboxylic acids is 1. The van der Waals surface area contributed by atoms with Gasteiger partial charge in [-0.3, -0.25) is 4.79 Å². The molecule has 1 aliphatic rings. The first-order valence-corrected chi connectivity index (χ1v) is 8.42. The minimum Gasteiger partial charge on any atom is -0.374 e. The van der Waals surface area contributed by atoms with Crippen LogP contribution in [0.2, 0.25) is 4.34 Å². The normalized spacial score (nSPS) is 15.4. The summed E-state index contributed by atoms with van der Waals surface area (Å²) in [5.74, 6) is 0.640. The van der Waals surface area contributed by atoms with Gasteiger partial charge >= 0.3 is 0 Å². The number of aryl methyl sites for hydroxylation is 1. The van der Waals surface area contributed by atoms with Gasteiger partial charge in [-0.15, -0.1) is 11.3 Å². The van der Waals surface area contributed by atoms with E-state index in [4.69, 9.17) is 20.9 Å². The second-order valence-corrected chi connectivity index (χ2v) is 6.96. The third-order valence-electron chi connectivity index (χ3n) is 3.81. The van der Waals surface area contributed by atoms with E-state index in [9.17, 15) is 4.79 Å². The quantitative estimate of drug-likeness (QED) is 0.906. The zero-order valence-electron chi connectivity index (χ0n) is 12.2. The zero-order valence-corrected chi connectivity index (χ0v) is 13.8. The molecular weight excluding hydrogens is 324 g/mol. The molecule has 0 saturated carbocycles. The van der Waals surface area contributed by atoms with E-state index in [2.05, 4.69) is 10.5 Å². The van der Waals surface area contributed by atoms with Crippen molar-refractivity contribution in [1.82, 2.24) is 10.5 Å². The van der Waals surface area contributed by atoms with E-state index >= 15 is 0 Å². The molecule has 7 heteroatoms. The molecule has 0 spiro atoms. The molecule has 0 radical (unpaired) electrons. The SMILES string of the molecule is CO[C@H](CNC(=O)c1noc2c1CCCC2)c1ccc(Cl)s1. The van der Waals surface area contributed by atoms with Gasteiger partial charge in [0.05, 0.1) is 4.34 Å². The fraction of sp³-hybridized carbons (Fsp3) is 0.467. The molecule has 0 saturated heterocycles. The maximum atomic E-state index is 12.3. The summed E-state index contributed by atoms with van der Waals surface area (Å²) in [6, 6.07) is 3.73. The minimum absolute atomic E-state index is 0.211. The smallest absolute Gasteiger partial charge is 0.273 e. The van der Waals surface area contributed by atoms with Gasteiger partial charge in [-0.1, -0.05) is 16.8 Å². The molecule has 0 unspecified atom stereocenters. The van der Waals surface area contributed by atoms with Crippen molar-refractivity contribution in [3.8, 4) is 0 Å². The van der Waals surface area contributed by atoms with Gasteiger partial charge in [-0.2, -0.15) is 0 Å². The number of rotatable bonds is 5. The van der Waals surface area contributed by atoms with Crippen molar-refractivity contribution >= 4 is 28.8 Å². The van der Waals surface area contributed by atoms with Crippen LogP contribution in [-0.2, 0) is 17.6 Å². The van der Waals surface area contributed by atoms with E-state index in [0.717, 1.165) is 41.9 Å². The number of aromatic nitrogens is 1. The largest absolute Gasteiger partial charge is 0.374 e. The Morgan fingerprint density at radius 3 is 3.05 bits per heavy atom. The molecule has 0 fully saturated rings. The summed E-state index contributed by atoms with van der Waals surface area (Å²) in [6.45, 7) is 0.369. The fourth-order valence-corrected chi connectivity index (χ4v) is 3.77. The number of nitrogens with zero attached hydrogens (tertiary/aromatic N) is 1. The summed E-state index contributed by atoms with van der Waals surface area (Å²) in [6.07, 6.45) is 3.67. The van der Waals surface area contributed by atoms with Gasteiger partial charge < -0.3 is 14.6 Å². The van der Waals surface area contributed by atoms with Crippen molar-refractivity contribution in [2.45, 2.75) is 31.8 Å². The number of halogens is 1. The lowest BCUT2D eigenvalue weighted by molar-refractivity contribution is 0.0830. The van der Waals surface area contributed by atoms with Gasteiger partial charge in [0.1, 0.15) is 11.9 Å². The molecule has 2 aromatic heterocycles. The van der Waals surface area contributed by atoms with Crippen molar-refractivity contribution < 1.29 is 14.1 Å². The fourth-order valence-electron chi connectivity index (χ4n) is 2.63. The Balaban J connectivity index is 1.65. The van der Waals surface area contributed by atoms with Gasteiger partial charge in [0, 0.05) is 30.5 Å². The molecule has 1 atom stereocenters. The van der Waals surface area contributed by atoms with E-state index in [1.54, 1.807) is 7.11 Å². The summed E-state index contributed by atoms with van der Waals surface area (Å²) in [5.41, 5.74) is 1.37. The molecule has 1 aliphatic carbocycles. The van der Waals surface area contributed by atoms with Crippen LogP contribution in [0, 0.1) is 0 Å². The summed E-state index contributed by atoms with van der Waals surface area (Å²) < 4.78 is 11.4. The van der Waals surface area contributed by atoms with E-state index in [0.29, 0.717) is 16.6 Å². The second-order valence-electron chi connectivity index (χ2n) is 5.22. The summed E-state index contributed by atoms with van der Waals surface area (Å²) in [4.78, 5) is 13.3. The Hall–Kier alpha value is -1.37. The lowest BCUT2D eigenvalue weighted by Gasteiger charge is -2.14. The van der Waals surface area contributed by atoms with E-state index < -0.39 is 0 Å². The predicted molar refractivity (Wildman–Crippen MR) is 84.6 cm³/mol. The number of hydrogen-bond donors (Lipinski definition) is 1. The number of ether oxygens (including phenoxy) is 1. The molecule has 2 aromatic rings. The van der Waals surface area contributed by atoms with E-state index in [1.165, 1.54) is 11.3 Å². The molecular formula is C15H17ClN2O3S. The number of methoxy groups -OCH3 is 1. The van der Waals surface area contributed by atoms with Crippen LogP contribution >= 0.6 is 22.9 Å². The molecule has 0 bridgehead atoms. The van der Waals surface area contributed by atoms with Crippen molar-refractivity contribution in [1.29, 1.82) is 0 Å². The number of hydrogen-bond acceptors (Lipinski definition) is 5. The molecule has 0 aliphatic heterocycles. The molecule has 2 heterocycles. The van der Waals surface area contributed by atoms with Crippen LogP contribution in [0.5, 0.6) is 0 Å². The zero-order chi connectivity index (χ0) is 15.5. The van der Waals surface area contributed by atoms with Crippen molar-refractivity contribution in [3.05, 3.63) is 38.4 Å². The molecule has 5 nitrogen and oxygen atoms in total. The minimum atomic E-state index is -0.218. The average Bonchev–Trinajstić information content (AvgIpc) is 3.14. The summed E-state index contributed by atoms with van der Waals surface area (Å²) in [7, 11) is 1.61. The number of nitrogens with one attached hydrogen (secondary N) is 1. The molecule has 118 valence electrons. The Morgan fingerprint density at radius 1 is 1.50 bits per heavy atom. The van der Waals surface area contributed by atoms with Gasteiger partial charge in [0.25, 0.3) is 5.91 Å². The molecule has 0 aromatic carbocycles. The second kappa shape index (κ2) is 6.81. The topological polar surface area (TPSA) is 64.4 Å². The van der Waals surface area contributed by atoms with Crippen LogP contribution in [0.15, 0.2) is 16.7 Å². The van der Waals surface area contributed by atoms with Crippen LogP contribution in [0.4, 0.5) is 0 Å². The van der Waals surface area contributed by atoms with Crippen molar-refractivity contribution in [3.63, 3.8) is 0 Å². The lowest BCUT2D eigenvalue weighted by atomic mass is 9.96. The first-order valence-electron chi connectivity index (χ1n) is 7.22. The lowest BCUT2D eigenvalue weighted by Crippen LogP contribution is -2.30. The highest BCUT2D eigenvalue weighted by Gasteiger charge is 2.24. The number of thiophene rings is 1. The van der Waals surface area contributed by atoms with Crippen LogP contribution in [0.1, 0.15) is 45.6 Å². The van der Waals surface area contributed by atoms with Crippen molar-refractivity contribution in [2.24, 2.45) is 0 Å². The van der Waals surface area contributed by atoms with Gasteiger partial charge in [-0.05, 0) is 31.4 Å². The first-order chi connectivity index (χ1) is 10.7. The third-order valence-corrected chi connectivity index (χ3v) is 5.13. The first kappa shape index (κ1) is 15.5. The Morgan fingerprint density at radius 2 is 2.32 bits per heavy atom. The maximum Gasteiger partial charge on any atom is 0.273 e. The summed E-state index contributed by atoms with van der Waals surface area (Å²) >= 11 is 7.39. The van der Waals surface area contributed by atoms with Crippen LogP contribution in [-0.4, -0.2) is 24.7 Å². The average molecular weight is 341 g/mol. The number of amides is 1. The standard InChI is InChI=1S/C15H17ClN2O3S/c1-20-11(12-6-7-13(16)22-12)8-17-15(19)14-9-4-2-3-5-10(9)21-18-14/h6-7,11H,2-5,8H2,1H3,(H,17,19)/t11-/m1/s1. The molecule has 1 amide bonds. The van der Waals surface area contributed by atoms with Crippen LogP contribution in [0.25, 0.3) is 0 Å². The van der Waals surface area contributed by atoms with E-state index in [1.807, 2.05) is 12.1 Å². The Labute approximate surface area is 137 Å². The highest BCUT2D eigenvalue weighted by molar-refractivity contribution is 7.16. The van der Waals surface area contributed by atoms with E-state index in [-0.39, 0.29) is 12.0 Å². The van der Waals surface area contributed by atoms with Crippen molar-refractivity contribution in [2.75, 3.05) is 13.7 Å². The molecule has 22 heavy (non-hydrogen) atoms. The summed E-state index contributed by atoms with van der Waals surface area (Å²) in [5, 5.41) is 6.80. The monoisotopic (exact) mass is 340 g/mol. The van der Waals surface area contributed by atoms with Gasteiger partial charge in [0.15, 0.2) is 5.69 Å². The highest BCUT2D eigenvalue weighted by Crippen LogP contribution is 2.28.